The molecule has 1 aromatic heterocycles. The van der Waals surface area contributed by atoms with Crippen LogP contribution in [0, 0.1) is 21.4 Å². The van der Waals surface area contributed by atoms with Gasteiger partial charge in [0.2, 0.25) is 5.69 Å². The molecule has 84 valence electrons. The zero-order valence-electron chi connectivity index (χ0n) is 7.65. The maximum absolute atomic E-state index is 12.7. The molecule has 8 heteroatoms. The number of hydrogen-bond acceptors (Lipinski definition) is 4. The molecule has 0 fully saturated rings. The van der Waals surface area contributed by atoms with Gasteiger partial charge in [0.15, 0.2) is 0 Å². The summed E-state index contributed by atoms with van der Waals surface area (Å²) in [5, 5.41) is 19.2. The molecule has 5 nitrogen and oxygen atoms in total. The molecule has 1 aromatic rings. The van der Waals surface area contributed by atoms with Crippen molar-refractivity contribution in [3.05, 3.63) is 33.1 Å². The van der Waals surface area contributed by atoms with Gasteiger partial charge < -0.3 is 0 Å². The molecule has 0 aromatic carbocycles. The second-order valence-electron chi connectivity index (χ2n) is 2.70. The average Bonchev–Trinajstić information content (AvgIpc) is 2.26. The van der Waals surface area contributed by atoms with Crippen molar-refractivity contribution in [2.24, 2.45) is 0 Å². The second-order valence-corrected chi connectivity index (χ2v) is 3.26. The minimum Gasteiger partial charge on any atom is -0.258 e. The van der Waals surface area contributed by atoms with Crippen LogP contribution in [0.2, 0.25) is 0 Å². The lowest BCUT2D eigenvalue weighted by atomic mass is 10.1. The molecule has 1 heterocycles. The smallest absolute Gasteiger partial charge is 0.258 e. The molecule has 0 saturated heterocycles. The van der Waals surface area contributed by atoms with Gasteiger partial charge >= 0.3 is 5.69 Å². The lowest BCUT2D eigenvalue weighted by molar-refractivity contribution is -0.386. The molecule has 0 spiro atoms. The Morgan fingerprint density at radius 2 is 2.31 bits per heavy atom. The van der Waals surface area contributed by atoms with Crippen LogP contribution in [-0.4, -0.2) is 9.91 Å². The number of hydrogen-bond donors (Lipinski definition) is 0. The van der Waals surface area contributed by atoms with Crippen molar-refractivity contribution < 1.29 is 13.7 Å². The van der Waals surface area contributed by atoms with Gasteiger partial charge in [0.25, 0.3) is 6.43 Å². The molecule has 0 aliphatic carbocycles. The van der Waals surface area contributed by atoms with Crippen LogP contribution >= 0.6 is 15.9 Å². The van der Waals surface area contributed by atoms with E-state index in [9.17, 15) is 18.9 Å². The van der Waals surface area contributed by atoms with E-state index in [1.165, 1.54) is 6.07 Å². The Bertz CT molecular complexity index is 473. The molecule has 1 rings (SSSR count). The highest BCUT2D eigenvalue weighted by Gasteiger charge is 2.29. The van der Waals surface area contributed by atoms with E-state index in [0.29, 0.717) is 0 Å². The van der Waals surface area contributed by atoms with Gasteiger partial charge in [0, 0.05) is 11.5 Å². The van der Waals surface area contributed by atoms with E-state index in [1.54, 1.807) is 0 Å². The predicted molar refractivity (Wildman–Crippen MR) is 53.2 cm³/mol. The lowest BCUT2D eigenvalue weighted by Gasteiger charge is -2.06. The first-order valence-electron chi connectivity index (χ1n) is 3.93. The Labute approximate surface area is 97.0 Å². The fourth-order valence-electron chi connectivity index (χ4n) is 1.17. The van der Waals surface area contributed by atoms with Crippen molar-refractivity contribution in [2.75, 3.05) is 0 Å². The van der Waals surface area contributed by atoms with Crippen LogP contribution in [0.4, 0.5) is 14.5 Å². The van der Waals surface area contributed by atoms with E-state index in [2.05, 4.69) is 20.9 Å². The number of nitriles is 1. The zero-order valence-corrected chi connectivity index (χ0v) is 9.24. The highest BCUT2D eigenvalue weighted by Crippen LogP contribution is 2.34. The first-order chi connectivity index (χ1) is 7.52. The molecule has 0 amide bonds. The third-order valence-corrected chi connectivity index (χ3v) is 2.43. The van der Waals surface area contributed by atoms with Crippen LogP contribution in [0.5, 0.6) is 0 Å². The van der Waals surface area contributed by atoms with E-state index in [1.807, 2.05) is 0 Å². The van der Waals surface area contributed by atoms with Crippen LogP contribution in [0.25, 0.3) is 0 Å². The first kappa shape index (κ1) is 12.4. The van der Waals surface area contributed by atoms with Crippen LogP contribution in [0.1, 0.15) is 23.2 Å². The topological polar surface area (TPSA) is 79.8 Å². The molecule has 0 N–H and O–H groups in total. The molecule has 0 radical (unpaired) electrons. The number of nitro groups is 1. The van der Waals surface area contributed by atoms with Gasteiger partial charge in [0.1, 0.15) is 11.6 Å². The SMILES string of the molecule is N#Cc1ncc(CBr)c(C(F)F)c1[N+](=O)[O-]. The number of aromatic nitrogens is 1. The standard InChI is InChI=1S/C8H4BrF2N3O2/c9-1-4-3-13-5(2-12)7(14(15)16)6(4)8(10)11/h3,8H,1H2. The molecule has 0 aliphatic rings. The Balaban J connectivity index is 3.61. The number of rotatable bonds is 3. The summed E-state index contributed by atoms with van der Waals surface area (Å²) in [7, 11) is 0. The number of alkyl halides is 3. The number of halogens is 3. The summed E-state index contributed by atoms with van der Waals surface area (Å²) in [4.78, 5) is 13.1. The molecule has 0 unspecified atom stereocenters. The number of nitrogens with zero attached hydrogens (tertiary/aromatic N) is 3. The van der Waals surface area contributed by atoms with Crippen LogP contribution < -0.4 is 0 Å². The Kier molecular flexibility index (Phi) is 3.84. The maximum Gasteiger partial charge on any atom is 0.314 e. The van der Waals surface area contributed by atoms with Crippen LogP contribution in [-0.2, 0) is 5.33 Å². The molecule has 0 saturated carbocycles. The van der Waals surface area contributed by atoms with Crippen LogP contribution in [0.15, 0.2) is 6.20 Å². The Morgan fingerprint density at radius 1 is 1.69 bits per heavy atom. The van der Waals surface area contributed by atoms with Crippen molar-refractivity contribution in [3.8, 4) is 6.07 Å². The number of pyridine rings is 1. The second kappa shape index (κ2) is 4.94. The van der Waals surface area contributed by atoms with Crippen molar-refractivity contribution in [3.63, 3.8) is 0 Å². The van der Waals surface area contributed by atoms with Gasteiger partial charge in [-0.25, -0.2) is 13.8 Å². The monoisotopic (exact) mass is 291 g/mol. The van der Waals surface area contributed by atoms with Gasteiger partial charge in [-0.1, -0.05) is 15.9 Å². The minimum absolute atomic E-state index is 0.000648. The molecule has 0 bridgehead atoms. The third kappa shape index (κ3) is 2.14. The van der Waals surface area contributed by atoms with E-state index in [0.717, 1.165) is 6.20 Å². The normalized spacial score (nSPS) is 10.2. The van der Waals surface area contributed by atoms with Gasteiger partial charge in [-0.15, -0.1) is 0 Å². The third-order valence-electron chi connectivity index (χ3n) is 1.83. The molecular weight excluding hydrogens is 288 g/mol. The zero-order chi connectivity index (χ0) is 12.3. The van der Waals surface area contributed by atoms with Crippen molar-refractivity contribution in [2.45, 2.75) is 11.8 Å². The van der Waals surface area contributed by atoms with Crippen LogP contribution in [0.3, 0.4) is 0 Å². The van der Waals surface area contributed by atoms with Crippen molar-refractivity contribution in [1.82, 2.24) is 4.98 Å². The van der Waals surface area contributed by atoms with Crippen molar-refractivity contribution in [1.29, 1.82) is 5.26 Å². The van der Waals surface area contributed by atoms with E-state index < -0.39 is 28.3 Å². The predicted octanol–water partition coefficient (Wildman–Crippen LogP) is 2.69. The van der Waals surface area contributed by atoms with E-state index in [4.69, 9.17) is 5.26 Å². The molecule has 0 atom stereocenters. The van der Waals surface area contributed by atoms with Gasteiger partial charge in [-0.2, -0.15) is 5.26 Å². The van der Waals surface area contributed by atoms with Gasteiger partial charge in [0.05, 0.1) is 4.92 Å². The Morgan fingerprint density at radius 3 is 2.69 bits per heavy atom. The summed E-state index contributed by atoms with van der Waals surface area (Å²) in [5.74, 6) is 0. The fourth-order valence-corrected chi connectivity index (χ4v) is 1.62. The van der Waals surface area contributed by atoms with Crippen molar-refractivity contribution >= 4 is 21.6 Å². The largest absolute Gasteiger partial charge is 0.314 e. The maximum atomic E-state index is 12.7. The summed E-state index contributed by atoms with van der Waals surface area (Å²) in [6.45, 7) is 0. The first-order valence-corrected chi connectivity index (χ1v) is 5.05. The van der Waals surface area contributed by atoms with Gasteiger partial charge in [-0.05, 0) is 5.56 Å². The summed E-state index contributed by atoms with van der Waals surface area (Å²) in [5.41, 5.74) is -2.28. The average molecular weight is 292 g/mol. The lowest BCUT2D eigenvalue weighted by Crippen LogP contribution is -2.05. The highest BCUT2D eigenvalue weighted by atomic mass is 79.9. The summed E-state index contributed by atoms with van der Waals surface area (Å²) in [6, 6.07) is 1.42. The molecular formula is C8H4BrF2N3O2. The highest BCUT2D eigenvalue weighted by molar-refractivity contribution is 9.08. The fraction of sp³-hybridized carbons (Fsp3) is 0.250. The molecule has 16 heavy (non-hydrogen) atoms. The molecule has 0 aliphatic heterocycles. The Hall–Kier alpha value is -1.62. The van der Waals surface area contributed by atoms with Gasteiger partial charge in [-0.3, -0.25) is 10.1 Å². The van der Waals surface area contributed by atoms with E-state index >= 15 is 0 Å². The summed E-state index contributed by atoms with van der Waals surface area (Å²) in [6.07, 6.45) is -2.00. The summed E-state index contributed by atoms with van der Waals surface area (Å²) >= 11 is 2.93. The van der Waals surface area contributed by atoms with E-state index in [-0.39, 0.29) is 10.9 Å². The quantitative estimate of drug-likeness (QED) is 0.487. The minimum atomic E-state index is -3.02. The summed E-state index contributed by atoms with van der Waals surface area (Å²) < 4.78 is 25.4.